The molecule has 0 aliphatic rings. The summed E-state index contributed by atoms with van der Waals surface area (Å²) in [5, 5.41) is 29.5. The van der Waals surface area contributed by atoms with E-state index in [1.165, 1.54) is 24.3 Å². The highest BCUT2D eigenvalue weighted by molar-refractivity contribution is 7.86. The van der Waals surface area contributed by atoms with E-state index in [9.17, 15) is 28.2 Å². The summed E-state index contributed by atoms with van der Waals surface area (Å²) in [5.41, 5.74) is 0.379. The molecule has 0 bridgehead atoms. The van der Waals surface area contributed by atoms with Crippen molar-refractivity contribution < 1.29 is 23.0 Å². The molecule has 0 saturated heterocycles. The Bertz CT molecular complexity index is 1200. The van der Waals surface area contributed by atoms with E-state index < -0.39 is 25.7 Å². The molecule has 3 aromatic carbocycles. The molecule has 0 amide bonds. The number of rotatable bonds is 4. The van der Waals surface area contributed by atoms with Gasteiger partial charge in [0.05, 0.1) is 4.92 Å². The Kier molecular flexibility index (Phi) is 4.60. The number of aromatic hydroxyl groups is 1. The van der Waals surface area contributed by atoms with Crippen LogP contribution in [0.5, 0.6) is 5.75 Å². The van der Waals surface area contributed by atoms with Crippen molar-refractivity contribution in [3.05, 3.63) is 64.2 Å². The number of nitro groups is 1. The average Bonchev–Trinajstić information content (AvgIpc) is 2.59. The molecule has 9 nitrogen and oxygen atoms in total. The fraction of sp³-hybridized carbons (Fsp3) is 0.0588. The molecule has 0 atom stereocenters. The SMILES string of the molecule is Cc1ccc([N+](=O)[O-])c(N=Nc2c(O)cc(S(=O)(=O)O)c3ccccc23)c1. The second-order valence-corrected chi connectivity index (χ2v) is 7.10. The molecule has 0 aliphatic carbocycles. The van der Waals surface area contributed by atoms with Crippen LogP contribution in [-0.2, 0) is 10.1 Å². The zero-order valence-electron chi connectivity index (χ0n) is 13.9. The minimum Gasteiger partial charge on any atom is -0.506 e. The molecule has 10 heteroatoms. The summed E-state index contributed by atoms with van der Waals surface area (Å²) in [6.45, 7) is 1.73. The summed E-state index contributed by atoms with van der Waals surface area (Å²) in [6, 6.07) is 11.2. The molecule has 0 saturated carbocycles. The van der Waals surface area contributed by atoms with E-state index in [0.717, 1.165) is 11.6 Å². The fourth-order valence-corrected chi connectivity index (χ4v) is 3.32. The minimum atomic E-state index is -4.58. The van der Waals surface area contributed by atoms with Gasteiger partial charge in [-0.2, -0.15) is 8.42 Å². The summed E-state index contributed by atoms with van der Waals surface area (Å²) in [6.07, 6.45) is 0. The molecule has 0 fully saturated rings. The molecule has 27 heavy (non-hydrogen) atoms. The number of nitro benzene ring substituents is 1. The smallest absolute Gasteiger partial charge is 0.296 e. The first-order valence-corrected chi connectivity index (χ1v) is 9.01. The predicted molar refractivity (Wildman–Crippen MR) is 97.4 cm³/mol. The molecular weight excluding hydrogens is 374 g/mol. The number of azo groups is 1. The molecule has 3 aromatic rings. The normalized spacial score (nSPS) is 11.9. The van der Waals surface area contributed by atoms with Crippen molar-refractivity contribution >= 4 is 38.0 Å². The van der Waals surface area contributed by atoms with Gasteiger partial charge in [-0.05, 0) is 18.6 Å². The van der Waals surface area contributed by atoms with E-state index in [0.29, 0.717) is 0 Å². The Hall–Kier alpha value is -3.37. The lowest BCUT2D eigenvalue weighted by atomic mass is 10.1. The second kappa shape index (κ2) is 6.74. The van der Waals surface area contributed by atoms with Crippen LogP contribution in [0.15, 0.2) is 63.7 Å². The monoisotopic (exact) mass is 387 g/mol. The Labute approximate surface area is 153 Å². The molecule has 0 unspecified atom stereocenters. The van der Waals surface area contributed by atoms with Crippen LogP contribution < -0.4 is 0 Å². The minimum absolute atomic E-state index is 0.0117. The van der Waals surface area contributed by atoms with Gasteiger partial charge in [0, 0.05) is 22.9 Å². The van der Waals surface area contributed by atoms with Crippen molar-refractivity contribution in [3.63, 3.8) is 0 Å². The first-order chi connectivity index (χ1) is 12.7. The number of hydrogen-bond donors (Lipinski definition) is 2. The lowest BCUT2D eigenvalue weighted by Gasteiger charge is -2.08. The Morgan fingerprint density at radius 3 is 2.33 bits per heavy atom. The molecule has 0 radical (unpaired) electrons. The first-order valence-electron chi connectivity index (χ1n) is 7.57. The maximum atomic E-state index is 11.6. The number of phenols is 1. The van der Waals surface area contributed by atoms with Crippen LogP contribution in [-0.4, -0.2) is 23.0 Å². The highest BCUT2D eigenvalue weighted by Crippen LogP contribution is 2.40. The molecule has 0 heterocycles. The predicted octanol–water partition coefficient (Wildman–Crippen LogP) is 4.42. The second-order valence-electron chi connectivity index (χ2n) is 5.71. The number of nitrogens with zero attached hydrogens (tertiary/aromatic N) is 3. The Balaban J connectivity index is 2.23. The summed E-state index contributed by atoms with van der Waals surface area (Å²) in [7, 11) is -4.58. The van der Waals surface area contributed by atoms with Crippen molar-refractivity contribution in [1.29, 1.82) is 0 Å². The molecule has 0 spiro atoms. The van der Waals surface area contributed by atoms with E-state index in [-0.39, 0.29) is 27.8 Å². The van der Waals surface area contributed by atoms with Crippen LogP contribution in [0.2, 0.25) is 0 Å². The number of benzene rings is 3. The van der Waals surface area contributed by atoms with Gasteiger partial charge in [0.25, 0.3) is 15.8 Å². The van der Waals surface area contributed by atoms with Gasteiger partial charge >= 0.3 is 0 Å². The van der Waals surface area contributed by atoms with E-state index >= 15 is 0 Å². The summed E-state index contributed by atoms with van der Waals surface area (Å²) < 4.78 is 32.5. The summed E-state index contributed by atoms with van der Waals surface area (Å²) >= 11 is 0. The molecule has 138 valence electrons. The van der Waals surface area contributed by atoms with Crippen LogP contribution >= 0.6 is 0 Å². The van der Waals surface area contributed by atoms with Gasteiger partial charge in [-0.25, -0.2) is 0 Å². The third-order valence-electron chi connectivity index (χ3n) is 3.82. The van der Waals surface area contributed by atoms with Crippen LogP contribution in [0.3, 0.4) is 0 Å². The Morgan fingerprint density at radius 2 is 1.70 bits per heavy atom. The standard InChI is InChI=1S/C17H13N3O6S/c1-10-6-7-14(20(22)23)13(8-10)18-19-17-12-5-3-2-4-11(12)16(9-15(17)21)27(24,25)26/h2-9,21H,1H3,(H,24,25,26). The molecule has 2 N–H and O–H groups in total. The lowest BCUT2D eigenvalue weighted by Crippen LogP contribution is -1.99. The lowest BCUT2D eigenvalue weighted by molar-refractivity contribution is -0.384. The van der Waals surface area contributed by atoms with Crippen molar-refractivity contribution in [2.75, 3.05) is 0 Å². The number of aryl methyl sites for hydroxylation is 1. The van der Waals surface area contributed by atoms with Crippen LogP contribution in [0.25, 0.3) is 10.8 Å². The van der Waals surface area contributed by atoms with E-state index in [2.05, 4.69) is 10.2 Å². The van der Waals surface area contributed by atoms with Gasteiger partial charge in [0.1, 0.15) is 16.3 Å². The van der Waals surface area contributed by atoms with Crippen LogP contribution in [0, 0.1) is 17.0 Å². The van der Waals surface area contributed by atoms with Gasteiger partial charge in [0.2, 0.25) is 0 Å². The van der Waals surface area contributed by atoms with Crippen molar-refractivity contribution in [2.24, 2.45) is 10.2 Å². The van der Waals surface area contributed by atoms with Crippen molar-refractivity contribution in [1.82, 2.24) is 0 Å². The van der Waals surface area contributed by atoms with Gasteiger partial charge < -0.3 is 5.11 Å². The van der Waals surface area contributed by atoms with Gasteiger partial charge in [-0.1, -0.05) is 30.3 Å². The third-order valence-corrected chi connectivity index (χ3v) is 4.71. The summed E-state index contributed by atoms with van der Waals surface area (Å²) in [4.78, 5) is 10.1. The zero-order valence-corrected chi connectivity index (χ0v) is 14.7. The summed E-state index contributed by atoms with van der Waals surface area (Å²) in [5.74, 6) is -0.541. The highest BCUT2D eigenvalue weighted by atomic mass is 32.2. The maximum Gasteiger partial charge on any atom is 0.296 e. The third kappa shape index (κ3) is 3.61. The van der Waals surface area contributed by atoms with Gasteiger partial charge in [0.15, 0.2) is 5.69 Å². The number of hydrogen-bond acceptors (Lipinski definition) is 7. The van der Waals surface area contributed by atoms with Crippen molar-refractivity contribution in [3.8, 4) is 5.75 Å². The van der Waals surface area contributed by atoms with E-state index in [4.69, 9.17) is 0 Å². The number of fused-ring (bicyclic) bond motifs is 1. The quantitative estimate of drug-likeness (QED) is 0.293. The number of phenolic OH excluding ortho intramolecular Hbond substituents is 1. The molecule has 0 aliphatic heterocycles. The fourth-order valence-electron chi connectivity index (χ4n) is 2.60. The van der Waals surface area contributed by atoms with Gasteiger partial charge in [-0.15, -0.1) is 10.2 Å². The average molecular weight is 387 g/mol. The topological polar surface area (TPSA) is 142 Å². The van der Waals surface area contributed by atoms with Crippen LogP contribution in [0.1, 0.15) is 5.56 Å². The molecular formula is C17H13N3O6S. The van der Waals surface area contributed by atoms with E-state index in [1.807, 2.05) is 0 Å². The molecule has 0 aromatic heterocycles. The first kappa shape index (κ1) is 18.4. The largest absolute Gasteiger partial charge is 0.506 e. The van der Waals surface area contributed by atoms with E-state index in [1.54, 1.807) is 25.1 Å². The highest BCUT2D eigenvalue weighted by Gasteiger charge is 2.20. The van der Waals surface area contributed by atoms with Gasteiger partial charge in [-0.3, -0.25) is 14.7 Å². The Morgan fingerprint density at radius 1 is 1.04 bits per heavy atom. The molecule has 3 rings (SSSR count). The van der Waals surface area contributed by atoms with Crippen LogP contribution in [0.4, 0.5) is 17.1 Å². The maximum absolute atomic E-state index is 11.6. The zero-order chi connectivity index (χ0) is 19.8. The van der Waals surface area contributed by atoms with Crippen molar-refractivity contribution in [2.45, 2.75) is 11.8 Å².